The van der Waals surface area contributed by atoms with E-state index in [-0.39, 0.29) is 0 Å². The topological polar surface area (TPSA) is 25.4 Å². The minimum absolute atomic E-state index is 0.872. The van der Waals surface area contributed by atoms with E-state index >= 15 is 0 Å². The fourth-order valence-corrected chi connectivity index (χ4v) is 1.61. The fourth-order valence-electron chi connectivity index (χ4n) is 1.61. The number of nitrogens with zero attached hydrogens (tertiary/aromatic N) is 2. The van der Waals surface area contributed by atoms with Crippen molar-refractivity contribution in [1.29, 1.82) is 0 Å². The average Bonchev–Trinajstić information content (AvgIpc) is 2.27. The first-order valence-corrected chi connectivity index (χ1v) is 4.81. The second-order valence-corrected chi connectivity index (χ2v) is 3.64. The van der Waals surface area contributed by atoms with Crippen molar-refractivity contribution in [2.24, 2.45) is 0 Å². The van der Waals surface area contributed by atoms with Crippen LogP contribution < -0.4 is 9.64 Å². The van der Waals surface area contributed by atoms with Crippen molar-refractivity contribution < 1.29 is 4.74 Å². The van der Waals surface area contributed by atoms with Crippen molar-refractivity contribution in [3.63, 3.8) is 0 Å². The van der Waals surface area contributed by atoms with E-state index < -0.39 is 0 Å². The molecule has 0 bridgehead atoms. The Balaban J connectivity index is 2.70. The molecular weight excluding hydrogens is 188 g/mol. The molecule has 0 saturated carbocycles. The average molecular weight is 202 g/mol. The van der Waals surface area contributed by atoms with E-state index in [1.165, 1.54) is 0 Å². The summed E-state index contributed by atoms with van der Waals surface area (Å²) >= 11 is 0. The number of hydrogen-bond donors (Lipinski definition) is 0. The van der Waals surface area contributed by atoms with Crippen molar-refractivity contribution >= 4 is 16.5 Å². The van der Waals surface area contributed by atoms with Gasteiger partial charge in [-0.15, -0.1) is 0 Å². The number of rotatable bonds is 2. The smallest absolute Gasteiger partial charge is 0.119 e. The second-order valence-electron chi connectivity index (χ2n) is 3.64. The standard InChI is InChI=1S/C12H14N2O/c1-14(2)12-8-13-7-9-4-5-10(15-3)6-11(9)12/h4-8H,1-3H3. The largest absolute Gasteiger partial charge is 0.497 e. The van der Waals surface area contributed by atoms with Crippen molar-refractivity contribution in [2.45, 2.75) is 0 Å². The first kappa shape index (κ1) is 9.77. The molecule has 1 aromatic carbocycles. The number of hydrogen-bond acceptors (Lipinski definition) is 3. The van der Waals surface area contributed by atoms with Gasteiger partial charge < -0.3 is 9.64 Å². The third-order valence-electron chi connectivity index (χ3n) is 2.43. The van der Waals surface area contributed by atoms with E-state index in [0.29, 0.717) is 0 Å². The van der Waals surface area contributed by atoms with Gasteiger partial charge in [-0.05, 0) is 18.2 Å². The van der Waals surface area contributed by atoms with E-state index in [1.807, 2.05) is 44.7 Å². The lowest BCUT2D eigenvalue weighted by molar-refractivity contribution is 0.415. The van der Waals surface area contributed by atoms with E-state index in [9.17, 15) is 0 Å². The van der Waals surface area contributed by atoms with Gasteiger partial charge in [0.2, 0.25) is 0 Å². The summed E-state index contributed by atoms with van der Waals surface area (Å²) in [5, 5.41) is 2.29. The van der Waals surface area contributed by atoms with Gasteiger partial charge in [0.05, 0.1) is 19.0 Å². The first-order chi connectivity index (χ1) is 7.22. The van der Waals surface area contributed by atoms with Gasteiger partial charge in [-0.3, -0.25) is 4.98 Å². The number of aromatic nitrogens is 1. The highest BCUT2D eigenvalue weighted by molar-refractivity contribution is 5.94. The molecule has 0 N–H and O–H groups in total. The lowest BCUT2D eigenvalue weighted by Crippen LogP contribution is -2.09. The predicted octanol–water partition coefficient (Wildman–Crippen LogP) is 2.31. The van der Waals surface area contributed by atoms with Gasteiger partial charge in [-0.1, -0.05) is 0 Å². The maximum absolute atomic E-state index is 5.22. The molecule has 0 fully saturated rings. The third kappa shape index (κ3) is 1.73. The van der Waals surface area contributed by atoms with Gasteiger partial charge in [0.15, 0.2) is 0 Å². The number of methoxy groups -OCH3 is 1. The van der Waals surface area contributed by atoms with Crippen molar-refractivity contribution in [3.05, 3.63) is 30.6 Å². The predicted molar refractivity (Wildman–Crippen MR) is 62.6 cm³/mol. The van der Waals surface area contributed by atoms with Crippen LogP contribution in [-0.4, -0.2) is 26.2 Å². The van der Waals surface area contributed by atoms with Crippen LogP contribution >= 0.6 is 0 Å². The summed E-state index contributed by atoms with van der Waals surface area (Å²) in [6.45, 7) is 0. The Morgan fingerprint density at radius 2 is 2.00 bits per heavy atom. The molecule has 3 heteroatoms. The molecule has 0 spiro atoms. The fraction of sp³-hybridized carbons (Fsp3) is 0.250. The zero-order valence-electron chi connectivity index (χ0n) is 9.19. The summed E-state index contributed by atoms with van der Waals surface area (Å²) in [6, 6.07) is 6.00. The Kier molecular flexibility index (Phi) is 2.46. The number of pyridine rings is 1. The highest BCUT2D eigenvalue weighted by Crippen LogP contribution is 2.27. The SMILES string of the molecule is COc1ccc2cncc(N(C)C)c2c1. The van der Waals surface area contributed by atoms with Crippen LogP contribution in [0.4, 0.5) is 5.69 Å². The molecule has 0 atom stereocenters. The zero-order valence-corrected chi connectivity index (χ0v) is 9.19. The van der Waals surface area contributed by atoms with Gasteiger partial charge >= 0.3 is 0 Å². The number of fused-ring (bicyclic) bond motifs is 1. The molecular formula is C12H14N2O. The van der Waals surface area contributed by atoms with Crippen LogP contribution in [0.25, 0.3) is 10.8 Å². The van der Waals surface area contributed by atoms with Crippen molar-refractivity contribution in [2.75, 3.05) is 26.1 Å². The summed E-state index contributed by atoms with van der Waals surface area (Å²) in [6.07, 6.45) is 3.73. The van der Waals surface area contributed by atoms with Crippen LogP contribution in [0.15, 0.2) is 30.6 Å². The Bertz CT molecular complexity index is 480. The van der Waals surface area contributed by atoms with E-state index in [4.69, 9.17) is 4.74 Å². The molecule has 0 aliphatic rings. The molecule has 3 nitrogen and oxygen atoms in total. The molecule has 1 aromatic heterocycles. The van der Waals surface area contributed by atoms with Gasteiger partial charge in [0.1, 0.15) is 5.75 Å². The summed E-state index contributed by atoms with van der Waals surface area (Å²) in [5.41, 5.74) is 1.10. The Labute approximate surface area is 89.3 Å². The van der Waals surface area contributed by atoms with Gasteiger partial charge in [0, 0.05) is 31.1 Å². The first-order valence-electron chi connectivity index (χ1n) is 4.81. The highest BCUT2D eigenvalue weighted by atomic mass is 16.5. The van der Waals surface area contributed by atoms with Gasteiger partial charge in [-0.25, -0.2) is 0 Å². The highest BCUT2D eigenvalue weighted by Gasteiger charge is 2.04. The summed E-state index contributed by atoms with van der Waals surface area (Å²) in [4.78, 5) is 6.26. The monoisotopic (exact) mass is 202 g/mol. The maximum Gasteiger partial charge on any atom is 0.119 e. The van der Waals surface area contributed by atoms with Crippen LogP contribution in [0, 0.1) is 0 Å². The van der Waals surface area contributed by atoms with Crippen LogP contribution in [0.5, 0.6) is 5.75 Å². The molecule has 15 heavy (non-hydrogen) atoms. The molecule has 0 aliphatic carbocycles. The lowest BCUT2D eigenvalue weighted by Gasteiger charge is -2.15. The minimum atomic E-state index is 0.872. The summed E-state index contributed by atoms with van der Waals surface area (Å²) in [7, 11) is 5.70. The van der Waals surface area contributed by atoms with E-state index in [0.717, 1.165) is 22.2 Å². The quantitative estimate of drug-likeness (QED) is 0.747. The lowest BCUT2D eigenvalue weighted by atomic mass is 10.1. The number of ether oxygens (including phenoxy) is 1. The van der Waals surface area contributed by atoms with Crippen LogP contribution in [-0.2, 0) is 0 Å². The Morgan fingerprint density at radius 1 is 1.20 bits per heavy atom. The number of anilines is 1. The molecule has 78 valence electrons. The number of benzene rings is 1. The van der Waals surface area contributed by atoms with E-state index in [2.05, 4.69) is 9.88 Å². The van der Waals surface area contributed by atoms with Gasteiger partial charge in [-0.2, -0.15) is 0 Å². The van der Waals surface area contributed by atoms with Crippen LogP contribution in [0.1, 0.15) is 0 Å². The van der Waals surface area contributed by atoms with Crippen LogP contribution in [0.2, 0.25) is 0 Å². The second kappa shape index (κ2) is 3.77. The molecule has 2 rings (SSSR count). The summed E-state index contributed by atoms with van der Waals surface area (Å²) < 4.78 is 5.22. The summed E-state index contributed by atoms with van der Waals surface area (Å²) in [5.74, 6) is 0.872. The molecule has 1 heterocycles. The molecule has 0 amide bonds. The molecule has 0 aliphatic heterocycles. The Morgan fingerprint density at radius 3 is 2.67 bits per heavy atom. The molecule has 0 unspecified atom stereocenters. The van der Waals surface area contributed by atoms with Crippen LogP contribution in [0.3, 0.4) is 0 Å². The normalized spacial score (nSPS) is 10.3. The third-order valence-corrected chi connectivity index (χ3v) is 2.43. The Hall–Kier alpha value is -1.77. The molecule has 0 saturated heterocycles. The van der Waals surface area contributed by atoms with Crippen molar-refractivity contribution in [1.82, 2.24) is 4.98 Å². The maximum atomic E-state index is 5.22. The van der Waals surface area contributed by atoms with E-state index in [1.54, 1.807) is 7.11 Å². The molecule has 2 aromatic rings. The van der Waals surface area contributed by atoms with Gasteiger partial charge in [0.25, 0.3) is 0 Å². The minimum Gasteiger partial charge on any atom is -0.497 e. The van der Waals surface area contributed by atoms with Crippen molar-refractivity contribution in [3.8, 4) is 5.75 Å². The molecule has 0 radical (unpaired) electrons. The zero-order chi connectivity index (χ0) is 10.8.